The molecule has 0 amide bonds. The number of rotatable bonds is 6. The first-order valence-corrected chi connectivity index (χ1v) is 7.94. The van der Waals surface area contributed by atoms with Gasteiger partial charge in [0, 0.05) is 24.4 Å². The Morgan fingerprint density at radius 1 is 1.53 bits per heavy atom. The first-order chi connectivity index (χ1) is 9.03. The van der Waals surface area contributed by atoms with E-state index < -0.39 is 10.0 Å². The molecule has 0 aromatic carbocycles. The Bertz CT molecular complexity index is 647. The van der Waals surface area contributed by atoms with Crippen molar-refractivity contribution in [3.05, 3.63) is 28.0 Å². The van der Waals surface area contributed by atoms with Crippen LogP contribution in [0.5, 0.6) is 0 Å². The number of hydrogen-bond donors (Lipinski definition) is 2. The zero-order valence-corrected chi connectivity index (χ0v) is 11.9. The summed E-state index contributed by atoms with van der Waals surface area (Å²) < 4.78 is 31.5. The van der Waals surface area contributed by atoms with E-state index in [1.54, 1.807) is 18.4 Å². The fourth-order valence-corrected chi connectivity index (χ4v) is 3.89. The van der Waals surface area contributed by atoms with Gasteiger partial charge in [-0.05, 0) is 18.4 Å². The SMILES string of the molecule is Cc1noc(CCNS(=O)(=O)c2ccsc2CN)n1. The summed E-state index contributed by atoms with van der Waals surface area (Å²) in [7, 11) is -3.53. The summed E-state index contributed by atoms with van der Waals surface area (Å²) in [6, 6.07) is 1.55. The molecule has 0 fully saturated rings. The van der Waals surface area contributed by atoms with E-state index in [2.05, 4.69) is 14.9 Å². The molecule has 19 heavy (non-hydrogen) atoms. The van der Waals surface area contributed by atoms with Gasteiger partial charge in [0.2, 0.25) is 15.9 Å². The van der Waals surface area contributed by atoms with Gasteiger partial charge in [0.15, 0.2) is 5.82 Å². The average Bonchev–Trinajstić information content (AvgIpc) is 2.97. The van der Waals surface area contributed by atoms with Crippen LogP contribution in [0.4, 0.5) is 0 Å². The molecule has 0 atom stereocenters. The van der Waals surface area contributed by atoms with Crippen molar-refractivity contribution in [2.75, 3.05) is 6.54 Å². The van der Waals surface area contributed by atoms with Gasteiger partial charge >= 0.3 is 0 Å². The van der Waals surface area contributed by atoms with E-state index in [4.69, 9.17) is 10.3 Å². The second-order valence-electron chi connectivity index (χ2n) is 3.80. The molecule has 2 rings (SSSR count). The lowest BCUT2D eigenvalue weighted by atomic mass is 10.4. The third-order valence-electron chi connectivity index (χ3n) is 2.38. The van der Waals surface area contributed by atoms with E-state index in [0.717, 1.165) is 0 Å². The molecule has 0 aliphatic carbocycles. The third kappa shape index (κ3) is 3.38. The maximum atomic E-state index is 12.0. The third-order valence-corrected chi connectivity index (χ3v) is 5.00. The minimum atomic E-state index is -3.53. The smallest absolute Gasteiger partial charge is 0.241 e. The van der Waals surface area contributed by atoms with Crippen LogP contribution < -0.4 is 10.5 Å². The fraction of sp³-hybridized carbons (Fsp3) is 0.400. The molecule has 104 valence electrons. The average molecular weight is 302 g/mol. The van der Waals surface area contributed by atoms with Crippen molar-refractivity contribution < 1.29 is 12.9 Å². The molecular weight excluding hydrogens is 288 g/mol. The number of nitrogens with one attached hydrogen (secondary N) is 1. The maximum absolute atomic E-state index is 12.0. The van der Waals surface area contributed by atoms with Crippen LogP contribution in [0.3, 0.4) is 0 Å². The molecule has 2 aromatic heterocycles. The number of hydrogen-bond acceptors (Lipinski definition) is 7. The fourth-order valence-electron chi connectivity index (χ4n) is 1.53. The standard InChI is InChI=1S/C10H14N4O3S2/c1-7-13-10(17-14-7)2-4-12-19(15,16)9-3-5-18-8(9)6-11/h3,5,12H,2,4,6,11H2,1H3. The molecule has 9 heteroatoms. The summed E-state index contributed by atoms with van der Waals surface area (Å²) in [5.41, 5.74) is 5.50. The first kappa shape index (κ1) is 14.1. The molecule has 0 saturated heterocycles. The van der Waals surface area contributed by atoms with Gasteiger partial charge in [0.05, 0.1) is 4.90 Å². The van der Waals surface area contributed by atoms with Crippen LogP contribution in [-0.2, 0) is 23.0 Å². The zero-order chi connectivity index (χ0) is 13.9. The van der Waals surface area contributed by atoms with Gasteiger partial charge in [-0.3, -0.25) is 0 Å². The highest BCUT2D eigenvalue weighted by molar-refractivity contribution is 7.89. The van der Waals surface area contributed by atoms with Gasteiger partial charge in [-0.25, -0.2) is 13.1 Å². The van der Waals surface area contributed by atoms with Gasteiger partial charge in [0.25, 0.3) is 0 Å². The molecule has 0 spiro atoms. The largest absolute Gasteiger partial charge is 0.339 e. The van der Waals surface area contributed by atoms with Crippen molar-refractivity contribution in [2.24, 2.45) is 5.73 Å². The second-order valence-corrected chi connectivity index (χ2v) is 6.53. The van der Waals surface area contributed by atoms with E-state index in [1.165, 1.54) is 11.3 Å². The Morgan fingerprint density at radius 3 is 2.95 bits per heavy atom. The van der Waals surface area contributed by atoms with Gasteiger partial charge in [-0.15, -0.1) is 11.3 Å². The normalized spacial score (nSPS) is 11.9. The molecule has 0 radical (unpaired) electrons. The monoisotopic (exact) mass is 302 g/mol. The van der Waals surface area contributed by atoms with Gasteiger partial charge in [0.1, 0.15) is 0 Å². The van der Waals surface area contributed by atoms with Crippen LogP contribution in [0.2, 0.25) is 0 Å². The van der Waals surface area contributed by atoms with Crippen LogP contribution in [-0.4, -0.2) is 25.1 Å². The molecule has 0 bridgehead atoms. The predicted octanol–water partition coefficient (Wildman–Crippen LogP) is 0.419. The van der Waals surface area contributed by atoms with Gasteiger partial charge in [-0.1, -0.05) is 5.16 Å². The summed E-state index contributed by atoms with van der Waals surface area (Å²) >= 11 is 1.32. The van der Waals surface area contributed by atoms with E-state index in [0.29, 0.717) is 23.0 Å². The van der Waals surface area contributed by atoms with Crippen molar-refractivity contribution >= 4 is 21.4 Å². The van der Waals surface area contributed by atoms with Gasteiger partial charge in [-0.2, -0.15) is 4.98 Å². The lowest BCUT2D eigenvalue weighted by Gasteiger charge is -2.05. The number of sulfonamides is 1. The topological polar surface area (TPSA) is 111 Å². The van der Waals surface area contributed by atoms with Crippen molar-refractivity contribution in [1.82, 2.24) is 14.9 Å². The Hall–Kier alpha value is -1.29. The minimum absolute atomic E-state index is 0.198. The highest BCUT2D eigenvalue weighted by Gasteiger charge is 2.18. The summed E-state index contributed by atoms with van der Waals surface area (Å²) in [5, 5.41) is 5.34. The number of aryl methyl sites for hydroxylation is 1. The molecule has 2 aromatic rings. The maximum Gasteiger partial charge on any atom is 0.241 e. The summed E-state index contributed by atoms with van der Waals surface area (Å²) in [5.74, 6) is 0.936. The molecule has 3 N–H and O–H groups in total. The Balaban J connectivity index is 1.98. The van der Waals surface area contributed by atoms with E-state index in [-0.39, 0.29) is 18.0 Å². The van der Waals surface area contributed by atoms with Crippen molar-refractivity contribution in [2.45, 2.75) is 24.8 Å². The molecule has 2 heterocycles. The lowest BCUT2D eigenvalue weighted by molar-refractivity contribution is 0.375. The van der Waals surface area contributed by atoms with Crippen LogP contribution in [0, 0.1) is 6.92 Å². The molecule has 0 unspecified atom stereocenters. The van der Waals surface area contributed by atoms with Crippen LogP contribution in [0.25, 0.3) is 0 Å². The molecule has 7 nitrogen and oxygen atoms in total. The number of nitrogens with zero attached hydrogens (tertiary/aromatic N) is 2. The molecular formula is C10H14N4O3S2. The first-order valence-electron chi connectivity index (χ1n) is 5.58. The van der Waals surface area contributed by atoms with E-state index in [9.17, 15) is 8.42 Å². The van der Waals surface area contributed by atoms with Crippen LogP contribution >= 0.6 is 11.3 Å². The van der Waals surface area contributed by atoms with Crippen molar-refractivity contribution in [3.63, 3.8) is 0 Å². The summed E-state index contributed by atoms with van der Waals surface area (Å²) in [6.07, 6.45) is 0.349. The molecule has 0 aliphatic heterocycles. The second kappa shape index (κ2) is 5.78. The minimum Gasteiger partial charge on any atom is -0.339 e. The van der Waals surface area contributed by atoms with E-state index >= 15 is 0 Å². The predicted molar refractivity (Wildman–Crippen MR) is 70.1 cm³/mol. The number of thiophene rings is 1. The van der Waals surface area contributed by atoms with Crippen molar-refractivity contribution in [1.29, 1.82) is 0 Å². The van der Waals surface area contributed by atoms with Gasteiger partial charge < -0.3 is 10.3 Å². The Kier molecular flexibility index (Phi) is 4.30. The summed E-state index contributed by atoms with van der Waals surface area (Å²) in [6.45, 7) is 2.11. The number of aromatic nitrogens is 2. The summed E-state index contributed by atoms with van der Waals surface area (Å²) in [4.78, 5) is 4.87. The zero-order valence-electron chi connectivity index (χ0n) is 10.3. The number of nitrogens with two attached hydrogens (primary N) is 1. The highest BCUT2D eigenvalue weighted by Crippen LogP contribution is 2.20. The van der Waals surface area contributed by atoms with Crippen LogP contribution in [0.15, 0.2) is 20.9 Å². The molecule has 0 aliphatic rings. The quantitative estimate of drug-likeness (QED) is 0.800. The molecule has 0 saturated carbocycles. The van der Waals surface area contributed by atoms with E-state index in [1.807, 2.05) is 0 Å². The van der Waals surface area contributed by atoms with Crippen molar-refractivity contribution in [3.8, 4) is 0 Å². The lowest BCUT2D eigenvalue weighted by Crippen LogP contribution is -2.26. The highest BCUT2D eigenvalue weighted by atomic mass is 32.2. The Morgan fingerprint density at radius 2 is 2.32 bits per heavy atom. The van der Waals surface area contributed by atoms with Crippen LogP contribution in [0.1, 0.15) is 16.6 Å². The Labute approximate surface area is 114 Å².